The lowest BCUT2D eigenvalue weighted by molar-refractivity contribution is 0.722. The number of aromatic nitrogens is 1. The standard InChI is InChI=1S/C14H18N2O/c1-9-4-5-13-11(6-9)8-12(7-10(2)15)14(17)16(13)3/h4-6,8,10H,7,15H2,1-3H3. The molecular weight excluding hydrogens is 212 g/mol. The van der Waals surface area contributed by atoms with Crippen molar-refractivity contribution in [3.05, 3.63) is 45.7 Å². The summed E-state index contributed by atoms with van der Waals surface area (Å²) in [6.45, 7) is 3.97. The lowest BCUT2D eigenvalue weighted by Crippen LogP contribution is -2.27. The van der Waals surface area contributed by atoms with Crippen LogP contribution in [0.3, 0.4) is 0 Å². The summed E-state index contributed by atoms with van der Waals surface area (Å²) >= 11 is 0. The Kier molecular flexibility index (Phi) is 3.03. The van der Waals surface area contributed by atoms with E-state index in [4.69, 9.17) is 5.73 Å². The topological polar surface area (TPSA) is 48.0 Å². The molecule has 0 aliphatic carbocycles. The number of benzene rings is 1. The largest absolute Gasteiger partial charge is 0.328 e. The van der Waals surface area contributed by atoms with Gasteiger partial charge in [0, 0.05) is 18.7 Å². The number of nitrogens with zero attached hydrogens (tertiary/aromatic N) is 1. The minimum absolute atomic E-state index is 0.00459. The molecule has 2 rings (SSSR count). The number of pyridine rings is 1. The van der Waals surface area contributed by atoms with Gasteiger partial charge in [-0.25, -0.2) is 0 Å². The molecule has 0 amide bonds. The van der Waals surface area contributed by atoms with Crippen LogP contribution in [0.5, 0.6) is 0 Å². The van der Waals surface area contributed by atoms with E-state index in [0.29, 0.717) is 6.42 Å². The van der Waals surface area contributed by atoms with Crippen LogP contribution in [-0.2, 0) is 13.5 Å². The van der Waals surface area contributed by atoms with Crippen LogP contribution in [0, 0.1) is 6.92 Å². The van der Waals surface area contributed by atoms with Crippen molar-refractivity contribution in [1.82, 2.24) is 4.57 Å². The highest BCUT2D eigenvalue weighted by molar-refractivity contribution is 5.80. The Bertz CT molecular complexity index is 611. The quantitative estimate of drug-likeness (QED) is 0.854. The van der Waals surface area contributed by atoms with E-state index in [2.05, 4.69) is 13.0 Å². The first kappa shape index (κ1) is 11.9. The highest BCUT2D eigenvalue weighted by atomic mass is 16.1. The molecule has 1 heterocycles. The van der Waals surface area contributed by atoms with Crippen molar-refractivity contribution in [1.29, 1.82) is 0 Å². The third-order valence-corrected chi connectivity index (χ3v) is 3.00. The van der Waals surface area contributed by atoms with E-state index in [9.17, 15) is 4.79 Å². The molecule has 17 heavy (non-hydrogen) atoms. The van der Waals surface area contributed by atoms with E-state index < -0.39 is 0 Å². The number of aryl methyl sites for hydroxylation is 2. The van der Waals surface area contributed by atoms with Crippen molar-refractivity contribution in [2.24, 2.45) is 12.8 Å². The normalized spacial score (nSPS) is 12.9. The first-order valence-corrected chi connectivity index (χ1v) is 5.84. The Balaban J connectivity index is 2.71. The predicted molar refractivity (Wildman–Crippen MR) is 71.3 cm³/mol. The molecule has 1 atom stereocenters. The third kappa shape index (κ3) is 2.24. The van der Waals surface area contributed by atoms with Crippen molar-refractivity contribution in [2.75, 3.05) is 0 Å². The Morgan fingerprint density at radius 3 is 2.71 bits per heavy atom. The van der Waals surface area contributed by atoms with E-state index >= 15 is 0 Å². The van der Waals surface area contributed by atoms with Crippen LogP contribution in [0.1, 0.15) is 18.1 Å². The summed E-state index contributed by atoms with van der Waals surface area (Å²) in [6, 6.07) is 8.08. The van der Waals surface area contributed by atoms with Gasteiger partial charge < -0.3 is 10.3 Å². The van der Waals surface area contributed by atoms with Crippen molar-refractivity contribution in [2.45, 2.75) is 26.3 Å². The van der Waals surface area contributed by atoms with Crippen LogP contribution in [0.15, 0.2) is 29.1 Å². The Morgan fingerprint density at radius 2 is 2.06 bits per heavy atom. The lowest BCUT2D eigenvalue weighted by atomic mass is 10.1. The summed E-state index contributed by atoms with van der Waals surface area (Å²) in [4.78, 5) is 12.1. The van der Waals surface area contributed by atoms with Gasteiger partial charge >= 0.3 is 0 Å². The molecule has 3 nitrogen and oxygen atoms in total. The maximum absolute atomic E-state index is 12.1. The molecule has 0 saturated carbocycles. The first-order valence-electron chi connectivity index (χ1n) is 5.84. The second kappa shape index (κ2) is 4.34. The summed E-state index contributed by atoms with van der Waals surface area (Å²) in [7, 11) is 1.81. The molecule has 0 bridgehead atoms. The highest BCUT2D eigenvalue weighted by Crippen LogP contribution is 2.15. The molecule has 0 radical (unpaired) electrons. The molecule has 90 valence electrons. The van der Waals surface area contributed by atoms with Crippen LogP contribution >= 0.6 is 0 Å². The second-order valence-electron chi connectivity index (χ2n) is 4.78. The van der Waals surface area contributed by atoms with Crippen molar-refractivity contribution in [3.63, 3.8) is 0 Å². The Labute approximate surface area is 101 Å². The van der Waals surface area contributed by atoms with Gasteiger partial charge in [0.15, 0.2) is 0 Å². The average Bonchev–Trinajstić information content (AvgIpc) is 2.24. The molecule has 3 heteroatoms. The maximum Gasteiger partial charge on any atom is 0.254 e. The fraction of sp³-hybridized carbons (Fsp3) is 0.357. The monoisotopic (exact) mass is 230 g/mol. The van der Waals surface area contributed by atoms with Gasteiger partial charge in [0.1, 0.15) is 0 Å². The number of nitrogens with two attached hydrogens (primary N) is 1. The van der Waals surface area contributed by atoms with Crippen LogP contribution in [0.4, 0.5) is 0 Å². The molecule has 2 N–H and O–H groups in total. The van der Waals surface area contributed by atoms with Crippen LogP contribution in [0.25, 0.3) is 10.9 Å². The number of hydrogen-bond donors (Lipinski definition) is 1. The van der Waals surface area contributed by atoms with E-state index in [1.54, 1.807) is 4.57 Å². The lowest BCUT2D eigenvalue weighted by Gasteiger charge is -2.10. The molecule has 0 spiro atoms. The smallest absolute Gasteiger partial charge is 0.254 e. The fourth-order valence-corrected chi connectivity index (χ4v) is 2.16. The number of hydrogen-bond acceptors (Lipinski definition) is 2. The van der Waals surface area contributed by atoms with E-state index in [1.807, 2.05) is 32.2 Å². The molecule has 0 aliphatic rings. The molecule has 0 fully saturated rings. The zero-order valence-corrected chi connectivity index (χ0v) is 10.5. The van der Waals surface area contributed by atoms with E-state index in [-0.39, 0.29) is 11.6 Å². The molecule has 1 aromatic carbocycles. The van der Waals surface area contributed by atoms with Gasteiger partial charge in [-0.15, -0.1) is 0 Å². The van der Waals surface area contributed by atoms with Gasteiger partial charge in [-0.05, 0) is 43.9 Å². The zero-order valence-electron chi connectivity index (χ0n) is 10.5. The highest BCUT2D eigenvalue weighted by Gasteiger charge is 2.08. The maximum atomic E-state index is 12.1. The zero-order chi connectivity index (χ0) is 12.6. The summed E-state index contributed by atoms with van der Waals surface area (Å²) < 4.78 is 1.70. The molecule has 2 aromatic rings. The van der Waals surface area contributed by atoms with Crippen molar-refractivity contribution in [3.8, 4) is 0 Å². The minimum atomic E-state index is 0.00459. The molecule has 0 saturated heterocycles. The fourth-order valence-electron chi connectivity index (χ4n) is 2.16. The Hall–Kier alpha value is -1.61. The molecule has 1 aromatic heterocycles. The van der Waals surface area contributed by atoms with Crippen molar-refractivity contribution < 1.29 is 0 Å². The van der Waals surface area contributed by atoms with Gasteiger partial charge in [0.2, 0.25) is 0 Å². The van der Waals surface area contributed by atoms with E-state index in [1.165, 1.54) is 5.56 Å². The Morgan fingerprint density at radius 1 is 1.35 bits per heavy atom. The summed E-state index contributed by atoms with van der Waals surface area (Å²) in [6.07, 6.45) is 0.622. The van der Waals surface area contributed by atoms with Crippen LogP contribution in [-0.4, -0.2) is 10.6 Å². The summed E-state index contributed by atoms with van der Waals surface area (Å²) in [5.74, 6) is 0. The molecular formula is C14H18N2O. The van der Waals surface area contributed by atoms with Crippen LogP contribution in [0.2, 0.25) is 0 Å². The molecule has 1 unspecified atom stereocenters. The van der Waals surface area contributed by atoms with Gasteiger partial charge in [-0.1, -0.05) is 11.6 Å². The summed E-state index contributed by atoms with van der Waals surface area (Å²) in [5, 5.41) is 1.10. The SMILES string of the molecule is Cc1ccc2c(c1)cc(CC(C)N)c(=O)n2C. The second-order valence-corrected chi connectivity index (χ2v) is 4.78. The predicted octanol–water partition coefficient (Wildman–Crippen LogP) is 1.74. The average molecular weight is 230 g/mol. The third-order valence-electron chi connectivity index (χ3n) is 3.00. The van der Waals surface area contributed by atoms with Gasteiger partial charge in [-0.3, -0.25) is 4.79 Å². The van der Waals surface area contributed by atoms with E-state index in [0.717, 1.165) is 16.5 Å². The number of fused-ring (bicyclic) bond motifs is 1. The summed E-state index contributed by atoms with van der Waals surface area (Å²) in [5.41, 5.74) is 8.78. The number of rotatable bonds is 2. The van der Waals surface area contributed by atoms with Gasteiger partial charge in [-0.2, -0.15) is 0 Å². The van der Waals surface area contributed by atoms with Gasteiger partial charge in [0.05, 0.1) is 5.52 Å². The first-order chi connectivity index (χ1) is 7.99. The van der Waals surface area contributed by atoms with Gasteiger partial charge in [0.25, 0.3) is 5.56 Å². The minimum Gasteiger partial charge on any atom is -0.328 e. The molecule has 0 aliphatic heterocycles. The van der Waals surface area contributed by atoms with Crippen LogP contribution < -0.4 is 11.3 Å². The van der Waals surface area contributed by atoms with Crippen molar-refractivity contribution >= 4 is 10.9 Å².